The molecule has 0 aliphatic rings. The lowest BCUT2D eigenvalue weighted by Crippen LogP contribution is -2.19. The Kier molecular flexibility index (Phi) is 8.76. The van der Waals surface area contributed by atoms with Gasteiger partial charge in [0.25, 0.3) is 0 Å². The Hall–Kier alpha value is -1.32. The first kappa shape index (κ1) is 16.7. The predicted octanol–water partition coefficient (Wildman–Crippen LogP) is 4.13. The van der Waals surface area contributed by atoms with Crippen molar-refractivity contribution in [2.75, 3.05) is 7.11 Å². The number of aromatic nitrogens is 2. The highest BCUT2D eigenvalue weighted by molar-refractivity contribution is 5.73. The van der Waals surface area contributed by atoms with Gasteiger partial charge in [-0.05, 0) is 6.42 Å². The molecule has 1 rings (SSSR count). The van der Waals surface area contributed by atoms with Crippen LogP contribution in [0.4, 0.5) is 0 Å². The van der Waals surface area contributed by atoms with Crippen molar-refractivity contribution in [3.8, 4) is 0 Å². The molecule has 20 heavy (non-hydrogen) atoms. The number of carbonyl (C=O) groups excluding carboxylic acids is 1. The van der Waals surface area contributed by atoms with E-state index >= 15 is 0 Å². The molecule has 0 bridgehead atoms. The molecule has 0 aliphatic heterocycles. The summed E-state index contributed by atoms with van der Waals surface area (Å²) in [6, 6.07) is -0.220. The van der Waals surface area contributed by atoms with Crippen molar-refractivity contribution in [1.29, 1.82) is 0 Å². The zero-order valence-electron chi connectivity index (χ0n) is 12.9. The van der Waals surface area contributed by atoms with E-state index in [0.29, 0.717) is 0 Å². The fourth-order valence-corrected chi connectivity index (χ4v) is 2.45. The Morgan fingerprint density at radius 2 is 1.80 bits per heavy atom. The summed E-state index contributed by atoms with van der Waals surface area (Å²) < 4.78 is 6.71. The summed E-state index contributed by atoms with van der Waals surface area (Å²) in [4.78, 5) is 15.8. The minimum absolute atomic E-state index is 0.175. The molecule has 0 N–H and O–H groups in total. The van der Waals surface area contributed by atoms with Gasteiger partial charge in [-0.1, -0.05) is 58.3 Å². The third kappa shape index (κ3) is 6.22. The van der Waals surface area contributed by atoms with Crippen LogP contribution in [0.15, 0.2) is 18.7 Å². The lowest BCUT2D eigenvalue weighted by molar-refractivity contribution is -0.144. The zero-order chi connectivity index (χ0) is 14.6. The van der Waals surface area contributed by atoms with Crippen molar-refractivity contribution >= 4 is 5.97 Å². The van der Waals surface area contributed by atoms with Crippen LogP contribution in [-0.2, 0) is 9.53 Å². The van der Waals surface area contributed by atoms with Crippen LogP contribution in [0.5, 0.6) is 0 Å². The highest BCUT2D eigenvalue weighted by Gasteiger charge is 2.19. The molecule has 0 spiro atoms. The maximum atomic E-state index is 11.8. The van der Waals surface area contributed by atoms with E-state index in [-0.39, 0.29) is 12.0 Å². The van der Waals surface area contributed by atoms with Crippen LogP contribution in [-0.4, -0.2) is 22.6 Å². The molecule has 1 aromatic heterocycles. The minimum Gasteiger partial charge on any atom is -0.467 e. The maximum Gasteiger partial charge on any atom is 0.328 e. The lowest BCUT2D eigenvalue weighted by Gasteiger charge is -2.15. The number of nitrogens with zero attached hydrogens (tertiary/aromatic N) is 2. The van der Waals surface area contributed by atoms with Crippen LogP contribution < -0.4 is 0 Å². The average Bonchev–Trinajstić information content (AvgIpc) is 2.99. The molecule has 1 unspecified atom stereocenters. The smallest absolute Gasteiger partial charge is 0.328 e. The monoisotopic (exact) mass is 280 g/mol. The predicted molar refractivity (Wildman–Crippen MR) is 80.5 cm³/mol. The van der Waals surface area contributed by atoms with E-state index in [1.807, 2.05) is 10.8 Å². The summed E-state index contributed by atoms with van der Waals surface area (Å²) in [6.45, 7) is 2.24. The highest BCUT2D eigenvalue weighted by Crippen LogP contribution is 2.18. The molecule has 0 saturated heterocycles. The molecule has 0 saturated carbocycles. The van der Waals surface area contributed by atoms with E-state index in [1.165, 1.54) is 52.1 Å². The van der Waals surface area contributed by atoms with Gasteiger partial charge in [0.2, 0.25) is 0 Å². The van der Waals surface area contributed by atoms with Gasteiger partial charge in [0.05, 0.1) is 13.4 Å². The highest BCUT2D eigenvalue weighted by atomic mass is 16.5. The first-order valence-electron chi connectivity index (χ1n) is 7.84. The molecule has 0 aliphatic carbocycles. The minimum atomic E-state index is -0.220. The first-order valence-corrected chi connectivity index (χ1v) is 7.84. The summed E-state index contributed by atoms with van der Waals surface area (Å²) in [6.07, 6.45) is 16.2. The summed E-state index contributed by atoms with van der Waals surface area (Å²) in [5.41, 5.74) is 0. The van der Waals surface area contributed by atoms with E-state index in [9.17, 15) is 4.79 Å². The second-order valence-corrected chi connectivity index (χ2v) is 5.31. The molecule has 0 fully saturated rings. The first-order chi connectivity index (χ1) is 9.79. The number of rotatable bonds is 11. The SMILES string of the molecule is CCCCCCCCCCC(C(=O)OC)n1ccnc1. The summed E-state index contributed by atoms with van der Waals surface area (Å²) in [7, 11) is 1.44. The van der Waals surface area contributed by atoms with Gasteiger partial charge in [0.1, 0.15) is 6.04 Å². The molecule has 4 heteroatoms. The van der Waals surface area contributed by atoms with Gasteiger partial charge in [-0.15, -0.1) is 0 Å². The molecular weight excluding hydrogens is 252 g/mol. The maximum absolute atomic E-state index is 11.8. The molecule has 0 aromatic carbocycles. The topological polar surface area (TPSA) is 44.1 Å². The molecule has 0 amide bonds. The molecule has 1 heterocycles. The van der Waals surface area contributed by atoms with E-state index in [1.54, 1.807) is 12.5 Å². The number of unbranched alkanes of at least 4 members (excludes halogenated alkanes) is 7. The standard InChI is InChI=1S/C16H28N2O2/c1-3-4-5-6-7-8-9-10-11-15(16(19)20-2)18-13-12-17-14-18/h12-15H,3-11H2,1-2H3. The van der Waals surface area contributed by atoms with Crippen LogP contribution in [0.1, 0.15) is 70.8 Å². The van der Waals surface area contributed by atoms with Crippen molar-refractivity contribution in [2.24, 2.45) is 0 Å². The Labute approximate surface area is 122 Å². The Bertz CT molecular complexity index is 349. The van der Waals surface area contributed by atoms with Crippen molar-refractivity contribution in [3.05, 3.63) is 18.7 Å². The second-order valence-electron chi connectivity index (χ2n) is 5.31. The van der Waals surface area contributed by atoms with Crippen LogP contribution in [0.2, 0.25) is 0 Å². The van der Waals surface area contributed by atoms with Crippen LogP contribution in [0.25, 0.3) is 0 Å². The van der Waals surface area contributed by atoms with E-state index in [0.717, 1.165) is 12.8 Å². The third-order valence-corrected chi connectivity index (χ3v) is 3.69. The Balaban J connectivity index is 2.18. The van der Waals surface area contributed by atoms with Crippen molar-refractivity contribution in [1.82, 2.24) is 9.55 Å². The largest absolute Gasteiger partial charge is 0.467 e. The quantitative estimate of drug-likeness (QED) is 0.452. The number of hydrogen-bond donors (Lipinski definition) is 0. The normalized spacial score (nSPS) is 12.3. The molecule has 1 atom stereocenters. The Morgan fingerprint density at radius 1 is 1.15 bits per heavy atom. The van der Waals surface area contributed by atoms with Gasteiger partial charge in [-0.2, -0.15) is 0 Å². The Morgan fingerprint density at radius 3 is 2.35 bits per heavy atom. The molecule has 4 nitrogen and oxygen atoms in total. The summed E-state index contributed by atoms with van der Waals surface area (Å²) >= 11 is 0. The number of methoxy groups -OCH3 is 1. The number of ether oxygens (including phenoxy) is 1. The van der Waals surface area contributed by atoms with E-state index < -0.39 is 0 Å². The van der Waals surface area contributed by atoms with Gasteiger partial charge >= 0.3 is 5.97 Å². The molecule has 1 aromatic rings. The molecular formula is C16H28N2O2. The second kappa shape index (κ2) is 10.5. The van der Waals surface area contributed by atoms with Crippen molar-refractivity contribution in [2.45, 2.75) is 70.8 Å². The van der Waals surface area contributed by atoms with Gasteiger partial charge < -0.3 is 9.30 Å². The van der Waals surface area contributed by atoms with Crippen molar-refractivity contribution < 1.29 is 9.53 Å². The fraction of sp³-hybridized carbons (Fsp3) is 0.750. The van der Waals surface area contributed by atoms with Gasteiger partial charge in [0.15, 0.2) is 0 Å². The number of hydrogen-bond acceptors (Lipinski definition) is 3. The third-order valence-electron chi connectivity index (χ3n) is 3.69. The average molecular weight is 280 g/mol. The number of esters is 1. The number of imidazole rings is 1. The van der Waals surface area contributed by atoms with Gasteiger partial charge in [0, 0.05) is 12.4 Å². The zero-order valence-corrected chi connectivity index (χ0v) is 12.9. The van der Waals surface area contributed by atoms with E-state index in [4.69, 9.17) is 4.74 Å². The molecule has 114 valence electrons. The lowest BCUT2D eigenvalue weighted by atomic mass is 10.0. The van der Waals surface area contributed by atoms with Gasteiger partial charge in [-0.3, -0.25) is 0 Å². The summed E-state index contributed by atoms with van der Waals surface area (Å²) in [5, 5.41) is 0. The van der Waals surface area contributed by atoms with E-state index in [2.05, 4.69) is 11.9 Å². The van der Waals surface area contributed by atoms with Crippen molar-refractivity contribution in [3.63, 3.8) is 0 Å². The summed E-state index contributed by atoms with van der Waals surface area (Å²) in [5.74, 6) is -0.175. The fourth-order valence-electron chi connectivity index (χ4n) is 2.45. The van der Waals surface area contributed by atoms with Crippen LogP contribution >= 0.6 is 0 Å². The molecule has 0 radical (unpaired) electrons. The van der Waals surface area contributed by atoms with Gasteiger partial charge in [-0.25, -0.2) is 9.78 Å². The number of carbonyl (C=O) groups is 1. The van der Waals surface area contributed by atoms with Crippen LogP contribution in [0.3, 0.4) is 0 Å². The van der Waals surface area contributed by atoms with Crippen LogP contribution in [0, 0.1) is 0 Å².